The van der Waals surface area contributed by atoms with E-state index in [2.05, 4.69) is 36.8 Å². The highest BCUT2D eigenvalue weighted by molar-refractivity contribution is 7.10. The van der Waals surface area contributed by atoms with Crippen LogP contribution in [0, 0.1) is 24.7 Å². The monoisotopic (exact) mass is 163 g/mol. The van der Waals surface area contributed by atoms with Gasteiger partial charge >= 0.3 is 0 Å². The minimum Gasteiger partial charge on any atom is -0.149 e. The van der Waals surface area contributed by atoms with E-state index in [-0.39, 0.29) is 0 Å². The Morgan fingerprint density at radius 3 is 3.18 bits per heavy atom. The molecule has 0 bridgehead atoms. The summed E-state index contributed by atoms with van der Waals surface area (Å²) in [6.07, 6.45) is 8.42. The maximum Gasteiger partial charge on any atom is 0.0178 e. The van der Waals surface area contributed by atoms with Crippen LogP contribution in [0.25, 0.3) is 0 Å². The number of hydrogen-bond acceptors (Lipinski definition) is 1. The molecule has 1 heteroatoms. The third-order valence-electron chi connectivity index (χ3n) is 1.50. The van der Waals surface area contributed by atoms with Gasteiger partial charge in [0.2, 0.25) is 0 Å². The summed E-state index contributed by atoms with van der Waals surface area (Å²) < 4.78 is 0. The molecule has 1 atom stereocenters. The van der Waals surface area contributed by atoms with E-state index >= 15 is 0 Å². The molecule has 1 aromatic rings. The van der Waals surface area contributed by atoms with E-state index in [4.69, 9.17) is 6.42 Å². The molecule has 1 rings (SSSR count). The molecule has 1 radical (unpaired) electrons. The lowest BCUT2D eigenvalue weighted by Gasteiger charge is -1.99. The Labute approximate surface area is 72.3 Å². The van der Waals surface area contributed by atoms with Crippen LogP contribution in [0.1, 0.15) is 18.2 Å². The molecule has 0 saturated carbocycles. The van der Waals surface area contributed by atoms with E-state index in [1.807, 2.05) is 0 Å². The third kappa shape index (κ3) is 2.78. The van der Waals surface area contributed by atoms with Gasteiger partial charge in [-0.05, 0) is 17.9 Å². The van der Waals surface area contributed by atoms with Gasteiger partial charge < -0.3 is 0 Å². The Morgan fingerprint density at radius 2 is 2.64 bits per heavy atom. The first-order chi connectivity index (χ1) is 5.33. The molecule has 11 heavy (non-hydrogen) atoms. The molecule has 0 saturated heterocycles. The van der Waals surface area contributed by atoms with Crippen molar-refractivity contribution in [2.24, 2.45) is 5.92 Å². The van der Waals surface area contributed by atoms with Crippen molar-refractivity contribution in [1.82, 2.24) is 0 Å². The Bertz CT molecular complexity index is 228. The first kappa shape index (κ1) is 8.36. The molecule has 0 spiro atoms. The molecule has 0 aromatic carbocycles. The smallest absolute Gasteiger partial charge is 0.0178 e. The summed E-state index contributed by atoms with van der Waals surface area (Å²) in [5.74, 6) is 3.06. The SMILES string of the molecule is C#CC(C)C[CH]c1cccs1. The van der Waals surface area contributed by atoms with Crippen molar-refractivity contribution in [1.29, 1.82) is 0 Å². The normalized spacial score (nSPS) is 12.4. The molecule has 1 unspecified atom stereocenters. The van der Waals surface area contributed by atoms with Gasteiger partial charge in [-0.15, -0.1) is 23.7 Å². The second kappa shape index (κ2) is 4.20. The van der Waals surface area contributed by atoms with Crippen molar-refractivity contribution in [3.8, 4) is 12.3 Å². The van der Waals surface area contributed by atoms with Gasteiger partial charge in [-0.2, -0.15) is 0 Å². The summed E-state index contributed by atoms with van der Waals surface area (Å²) in [6.45, 7) is 2.06. The van der Waals surface area contributed by atoms with Crippen LogP contribution in [-0.4, -0.2) is 0 Å². The predicted octanol–water partition coefficient (Wildman–Crippen LogP) is 2.96. The minimum atomic E-state index is 0.358. The van der Waals surface area contributed by atoms with Crippen LogP contribution in [-0.2, 0) is 0 Å². The average molecular weight is 163 g/mol. The first-order valence-electron chi connectivity index (χ1n) is 3.66. The van der Waals surface area contributed by atoms with Crippen molar-refractivity contribution in [3.05, 3.63) is 28.8 Å². The minimum absolute atomic E-state index is 0.358. The quantitative estimate of drug-likeness (QED) is 0.601. The second-order valence-electron chi connectivity index (χ2n) is 2.52. The zero-order valence-corrected chi connectivity index (χ0v) is 7.40. The zero-order valence-electron chi connectivity index (χ0n) is 6.58. The van der Waals surface area contributed by atoms with E-state index in [0.717, 1.165) is 6.42 Å². The molecule has 0 aliphatic rings. The van der Waals surface area contributed by atoms with E-state index in [1.165, 1.54) is 4.88 Å². The lowest BCUT2D eigenvalue weighted by atomic mass is 10.1. The molecule has 0 aliphatic carbocycles. The molecular weight excluding hydrogens is 152 g/mol. The summed E-state index contributed by atoms with van der Waals surface area (Å²) in [4.78, 5) is 1.31. The highest BCUT2D eigenvalue weighted by Crippen LogP contribution is 2.15. The topological polar surface area (TPSA) is 0 Å². The molecular formula is C10H11S. The standard InChI is InChI=1S/C10H11S/c1-3-9(2)6-7-10-5-4-8-11-10/h1,4-5,7-9H,6H2,2H3. The van der Waals surface area contributed by atoms with Gasteiger partial charge in [0.05, 0.1) is 0 Å². The second-order valence-corrected chi connectivity index (χ2v) is 3.50. The maximum absolute atomic E-state index is 5.24. The number of terminal acetylenes is 1. The Kier molecular flexibility index (Phi) is 3.19. The van der Waals surface area contributed by atoms with Gasteiger partial charge in [0.1, 0.15) is 0 Å². The summed E-state index contributed by atoms with van der Waals surface area (Å²) in [6, 6.07) is 4.16. The Hall–Kier alpha value is -0.740. The molecule has 0 aliphatic heterocycles. The number of rotatable bonds is 3. The molecule has 0 fully saturated rings. The summed E-state index contributed by atoms with van der Waals surface area (Å²) in [5.41, 5.74) is 0. The fourth-order valence-electron chi connectivity index (χ4n) is 0.768. The molecule has 0 N–H and O–H groups in total. The van der Waals surface area contributed by atoms with Crippen molar-refractivity contribution in [2.75, 3.05) is 0 Å². The average Bonchev–Trinajstić information content (AvgIpc) is 2.52. The van der Waals surface area contributed by atoms with Gasteiger partial charge in [0.25, 0.3) is 0 Å². The fourth-order valence-corrected chi connectivity index (χ4v) is 1.43. The van der Waals surface area contributed by atoms with Crippen molar-refractivity contribution in [3.63, 3.8) is 0 Å². The molecule has 1 aromatic heterocycles. The summed E-state index contributed by atoms with van der Waals surface area (Å²) >= 11 is 1.75. The summed E-state index contributed by atoms with van der Waals surface area (Å²) in [7, 11) is 0. The van der Waals surface area contributed by atoms with Gasteiger partial charge in [-0.3, -0.25) is 0 Å². The van der Waals surface area contributed by atoms with Crippen LogP contribution < -0.4 is 0 Å². The number of hydrogen-bond donors (Lipinski definition) is 0. The lowest BCUT2D eigenvalue weighted by Crippen LogP contribution is -1.89. The van der Waals surface area contributed by atoms with Gasteiger partial charge in [-0.1, -0.05) is 13.0 Å². The Morgan fingerprint density at radius 1 is 1.82 bits per heavy atom. The summed E-state index contributed by atoms with van der Waals surface area (Å²) in [5, 5.41) is 2.08. The van der Waals surface area contributed by atoms with E-state index in [1.54, 1.807) is 11.3 Å². The highest BCUT2D eigenvalue weighted by Gasteiger charge is 1.98. The van der Waals surface area contributed by atoms with Gasteiger partial charge in [-0.25, -0.2) is 0 Å². The van der Waals surface area contributed by atoms with Gasteiger partial charge in [0.15, 0.2) is 0 Å². The number of thiophene rings is 1. The molecule has 1 heterocycles. The van der Waals surface area contributed by atoms with Gasteiger partial charge in [0, 0.05) is 17.2 Å². The molecule has 57 valence electrons. The third-order valence-corrected chi connectivity index (χ3v) is 2.37. The largest absolute Gasteiger partial charge is 0.149 e. The maximum atomic E-state index is 5.24. The predicted molar refractivity (Wildman–Crippen MR) is 50.3 cm³/mol. The first-order valence-corrected chi connectivity index (χ1v) is 4.53. The molecule has 0 amide bonds. The Balaban J connectivity index is 2.30. The van der Waals surface area contributed by atoms with E-state index < -0.39 is 0 Å². The van der Waals surface area contributed by atoms with Crippen molar-refractivity contribution >= 4 is 11.3 Å². The van der Waals surface area contributed by atoms with Crippen LogP contribution in [0.4, 0.5) is 0 Å². The van der Waals surface area contributed by atoms with Crippen LogP contribution in [0.5, 0.6) is 0 Å². The van der Waals surface area contributed by atoms with Crippen molar-refractivity contribution < 1.29 is 0 Å². The lowest BCUT2D eigenvalue weighted by molar-refractivity contribution is 0.749. The van der Waals surface area contributed by atoms with Crippen molar-refractivity contribution in [2.45, 2.75) is 13.3 Å². The van der Waals surface area contributed by atoms with Crippen LogP contribution in [0.2, 0.25) is 0 Å². The molecule has 0 nitrogen and oxygen atoms in total. The van der Waals surface area contributed by atoms with E-state index in [9.17, 15) is 0 Å². The zero-order chi connectivity index (χ0) is 8.10. The van der Waals surface area contributed by atoms with Crippen LogP contribution >= 0.6 is 11.3 Å². The van der Waals surface area contributed by atoms with Crippen LogP contribution in [0.3, 0.4) is 0 Å². The van der Waals surface area contributed by atoms with Crippen LogP contribution in [0.15, 0.2) is 17.5 Å². The van der Waals surface area contributed by atoms with E-state index in [0.29, 0.717) is 5.92 Å². The fraction of sp³-hybridized carbons (Fsp3) is 0.300. The highest BCUT2D eigenvalue weighted by atomic mass is 32.1.